The lowest BCUT2D eigenvalue weighted by atomic mass is 10.1. The number of imide groups is 2. The molecule has 2 heterocycles. The van der Waals surface area contributed by atoms with Crippen molar-refractivity contribution in [2.45, 2.75) is 0 Å². The van der Waals surface area contributed by atoms with Crippen LogP contribution in [0.25, 0.3) is 6.08 Å². The number of anilines is 1. The first-order valence-electron chi connectivity index (χ1n) is 8.12. The summed E-state index contributed by atoms with van der Waals surface area (Å²) in [6.07, 6.45) is 1.36. The van der Waals surface area contributed by atoms with Gasteiger partial charge in [-0.05, 0) is 35.9 Å². The van der Waals surface area contributed by atoms with Gasteiger partial charge in [-0.2, -0.15) is 0 Å². The number of carbonyl (C=O) groups excluding carboxylic acids is 3. The molecule has 1 N–H and O–H groups in total. The van der Waals surface area contributed by atoms with Gasteiger partial charge in [-0.3, -0.25) is 14.9 Å². The summed E-state index contributed by atoms with van der Waals surface area (Å²) in [7, 11) is 1.48. The minimum absolute atomic E-state index is 0.0563. The highest BCUT2D eigenvalue weighted by Gasteiger charge is 2.37. The Balaban J connectivity index is 1.71. The third kappa shape index (κ3) is 3.03. The van der Waals surface area contributed by atoms with Crippen molar-refractivity contribution in [1.29, 1.82) is 0 Å². The van der Waals surface area contributed by atoms with Gasteiger partial charge < -0.3 is 14.2 Å². The summed E-state index contributed by atoms with van der Waals surface area (Å²) in [5, 5.41) is 2.49. The summed E-state index contributed by atoms with van der Waals surface area (Å²) in [4.78, 5) is 38.3. The molecule has 0 atom stereocenters. The van der Waals surface area contributed by atoms with Crippen LogP contribution < -0.4 is 24.4 Å². The van der Waals surface area contributed by atoms with E-state index in [0.29, 0.717) is 27.8 Å². The maximum Gasteiger partial charge on any atom is 0.335 e. The van der Waals surface area contributed by atoms with Crippen molar-refractivity contribution in [3.05, 3.63) is 52.6 Å². The van der Waals surface area contributed by atoms with Gasteiger partial charge in [0.05, 0.1) is 17.8 Å². The van der Waals surface area contributed by atoms with Crippen LogP contribution >= 0.6 is 11.6 Å². The van der Waals surface area contributed by atoms with E-state index in [2.05, 4.69) is 5.32 Å². The molecule has 142 valence electrons. The normalized spacial score (nSPS) is 17.1. The van der Waals surface area contributed by atoms with Crippen molar-refractivity contribution in [2.24, 2.45) is 0 Å². The van der Waals surface area contributed by atoms with Gasteiger partial charge in [0.15, 0.2) is 11.5 Å². The Bertz CT molecular complexity index is 1050. The van der Waals surface area contributed by atoms with E-state index < -0.39 is 17.8 Å². The minimum Gasteiger partial charge on any atom is -0.495 e. The van der Waals surface area contributed by atoms with Crippen LogP contribution in [0.3, 0.4) is 0 Å². The van der Waals surface area contributed by atoms with Gasteiger partial charge in [0.2, 0.25) is 6.79 Å². The van der Waals surface area contributed by atoms with Gasteiger partial charge in [0.25, 0.3) is 11.8 Å². The maximum absolute atomic E-state index is 12.9. The number of carbonyl (C=O) groups is 3. The summed E-state index contributed by atoms with van der Waals surface area (Å²) in [6.45, 7) is 0.0563. The highest BCUT2D eigenvalue weighted by Crippen LogP contribution is 2.36. The van der Waals surface area contributed by atoms with E-state index in [1.165, 1.54) is 25.3 Å². The monoisotopic (exact) mass is 400 g/mol. The van der Waals surface area contributed by atoms with Gasteiger partial charge in [0, 0.05) is 6.07 Å². The van der Waals surface area contributed by atoms with Gasteiger partial charge in [0.1, 0.15) is 11.3 Å². The first-order valence-corrected chi connectivity index (χ1v) is 8.50. The average molecular weight is 401 g/mol. The van der Waals surface area contributed by atoms with Crippen molar-refractivity contribution >= 4 is 41.2 Å². The molecule has 0 aromatic heterocycles. The lowest BCUT2D eigenvalue weighted by molar-refractivity contribution is -0.122. The van der Waals surface area contributed by atoms with Crippen LogP contribution in [-0.4, -0.2) is 31.7 Å². The Hall–Kier alpha value is -3.52. The predicted molar refractivity (Wildman–Crippen MR) is 99.6 cm³/mol. The fourth-order valence-electron chi connectivity index (χ4n) is 2.86. The van der Waals surface area contributed by atoms with Crippen molar-refractivity contribution in [3.63, 3.8) is 0 Å². The number of amides is 4. The van der Waals surface area contributed by atoms with Gasteiger partial charge >= 0.3 is 6.03 Å². The van der Waals surface area contributed by atoms with E-state index in [0.717, 1.165) is 4.90 Å². The number of nitrogens with one attached hydrogen (secondary N) is 1. The average Bonchev–Trinajstić information content (AvgIpc) is 3.13. The number of rotatable bonds is 3. The van der Waals surface area contributed by atoms with Crippen molar-refractivity contribution in [1.82, 2.24) is 5.32 Å². The third-order valence-electron chi connectivity index (χ3n) is 4.20. The smallest absolute Gasteiger partial charge is 0.335 e. The molecule has 0 unspecified atom stereocenters. The van der Waals surface area contributed by atoms with E-state index in [-0.39, 0.29) is 18.1 Å². The third-order valence-corrected chi connectivity index (χ3v) is 4.50. The van der Waals surface area contributed by atoms with E-state index in [1.807, 2.05) is 0 Å². The van der Waals surface area contributed by atoms with Crippen molar-refractivity contribution < 1.29 is 28.6 Å². The van der Waals surface area contributed by atoms with Crippen LogP contribution in [0, 0.1) is 0 Å². The molecular weight excluding hydrogens is 388 g/mol. The summed E-state index contributed by atoms with van der Waals surface area (Å²) in [6, 6.07) is 8.57. The summed E-state index contributed by atoms with van der Waals surface area (Å²) in [5.41, 5.74) is 0.542. The number of benzene rings is 2. The molecular formula is C19H13ClN2O6. The van der Waals surface area contributed by atoms with E-state index in [1.54, 1.807) is 24.3 Å². The molecule has 2 aromatic carbocycles. The molecule has 4 rings (SSSR count). The summed E-state index contributed by atoms with van der Waals surface area (Å²) < 4.78 is 15.6. The first-order chi connectivity index (χ1) is 13.5. The van der Waals surface area contributed by atoms with Gasteiger partial charge in [-0.25, -0.2) is 9.69 Å². The Morgan fingerprint density at radius 1 is 1.11 bits per heavy atom. The number of fused-ring (bicyclic) bond motifs is 1. The van der Waals surface area contributed by atoms with E-state index >= 15 is 0 Å². The van der Waals surface area contributed by atoms with E-state index in [4.69, 9.17) is 25.8 Å². The molecule has 8 nitrogen and oxygen atoms in total. The summed E-state index contributed by atoms with van der Waals surface area (Å²) >= 11 is 6.09. The van der Waals surface area contributed by atoms with Crippen LogP contribution in [0.5, 0.6) is 17.2 Å². The Morgan fingerprint density at radius 2 is 1.89 bits per heavy atom. The quantitative estimate of drug-likeness (QED) is 0.629. The predicted octanol–water partition coefficient (Wildman–Crippen LogP) is 2.74. The lowest BCUT2D eigenvalue weighted by Crippen LogP contribution is -2.54. The van der Waals surface area contributed by atoms with Gasteiger partial charge in [-0.1, -0.05) is 17.7 Å². The Labute approximate surface area is 164 Å². The Morgan fingerprint density at radius 3 is 2.64 bits per heavy atom. The number of hydrogen-bond donors (Lipinski definition) is 1. The van der Waals surface area contributed by atoms with Gasteiger partial charge in [-0.15, -0.1) is 0 Å². The number of urea groups is 1. The highest BCUT2D eigenvalue weighted by molar-refractivity contribution is 6.39. The molecule has 28 heavy (non-hydrogen) atoms. The number of halogens is 1. The standard InChI is InChI=1S/C19H13ClN2O6/c1-26-14-4-2-10(7-13(14)20)6-12-17(23)21-19(25)22(18(12)24)11-3-5-15-16(8-11)28-9-27-15/h2-8H,9H2,1H3,(H,21,23,25). The highest BCUT2D eigenvalue weighted by atomic mass is 35.5. The van der Waals surface area contributed by atoms with Crippen LogP contribution in [-0.2, 0) is 9.59 Å². The molecule has 4 amide bonds. The van der Waals surface area contributed by atoms with Crippen LogP contribution in [0.4, 0.5) is 10.5 Å². The molecule has 1 fully saturated rings. The van der Waals surface area contributed by atoms with Crippen molar-refractivity contribution in [3.8, 4) is 17.2 Å². The number of nitrogens with zero attached hydrogens (tertiary/aromatic N) is 1. The SMILES string of the molecule is COc1ccc(C=C2C(=O)NC(=O)N(c3ccc4c(c3)OCO4)C2=O)cc1Cl. The second-order valence-corrected chi connectivity index (χ2v) is 6.30. The molecule has 9 heteroatoms. The minimum atomic E-state index is -0.848. The van der Waals surface area contributed by atoms with E-state index in [9.17, 15) is 14.4 Å². The topological polar surface area (TPSA) is 94.2 Å². The van der Waals surface area contributed by atoms with Crippen LogP contribution in [0.15, 0.2) is 42.0 Å². The second-order valence-electron chi connectivity index (χ2n) is 5.89. The number of hydrogen-bond acceptors (Lipinski definition) is 6. The molecule has 0 spiro atoms. The lowest BCUT2D eigenvalue weighted by Gasteiger charge is -2.26. The largest absolute Gasteiger partial charge is 0.495 e. The number of ether oxygens (including phenoxy) is 3. The Kier molecular flexibility index (Phi) is 4.40. The fraction of sp³-hybridized carbons (Fsp3) is 0.105. The molecule has 0 saturated carbocycles. The zero-order valence-corrected chi connectivity index (χ0v) is 15.3. The maximum atomic E-state index is 12.9. The number of methoxy groups -OCH3 is 1. The first kappa shape index (κ1) is 17.9. The van der Waals surface area contributed by atoms with Crippen LogP contribution in [0.1, 0.15) is 5.56 Å². The molecule has 2 aliphatic rings. The molecule has 0 aliphatic carbocycles. The molecule has 0 bridgehead atoms. The van der Waals surface area contributed by atoms with Crippen LogP contribution in [0.2, 0.25) is 5.02 Å². The second kappa shape index (κ2) is 6.90. The molecule has 2 aliphatic heterocycles. The zero-order valence-electron chi connectivity index (χ0n) is 14.5. The fourth-order valence-corrected chi connectivity index (χ4v) is 3.12. The molecule has 1 saturated heterocycles. The number of barbiturate groups is 1. The molecule has 0 radical (unpaired) electrons. The molecule has 2 aromatic rings. The summed E-state index contributed by atoms with van der Waals surface area (Å²) in [5.74, 6) is -0.185. The zero-order chi connectivity index (χ0) is 19.8. The van der Waals surface area contributed by atoms with Crippen molar-refractivity contribution in [2.75, 3.05) is 18.8 Å².